The number of anilines is 2. The average molecular weight is 1440 g/mol. The van der Waals surface area contributed by atoms with E-state index in [0.29, 0.717) is 53.6 Å². The highest BCUT2D eigenvalue weighted by atomic mass is 35.5. The summed E-state index contributed by atoms with van der Waals surface area (Å²) >= 11 is 12.3. The first kappa shape index (κ1) is 76.0. The molecule has 8 atom stereocenters. The Kier molecular flexibility index (Phi) is 25.1. The van der Waals surface area contributed by atoms with Crippen molar-refractivity contribution in [2.75, 3.05) is 31.3 Å². The van der Waals surface area contributed by atoms with Crippen LogP contribution in [0.25, 0.3) is 22.3 Å². The summed E-state index contributed by atoms with van der Waals surface area (Å²) in [5.74, 6) is 0.470. The number of aromatic nitrogens is 8. The lowest BCUT2D eigenvalue weighted by Crippen LogP contribution is -2.66. The molecule has 0 radical (unpaired) electrons. The zero-order valence-electron chi connectivity index (χ0n) is 59.8. The first-order valence-corrected chi connectivity index (χ1v) is 48.3. The quantitative estimate of drug-likeness (QED) is 0.0431. The summed E-state index contributed by atoms with van der Waals surface area (Å²) in [5, 5.41) is 0.757. The van der Waals surface area contributed by atoms with Crippen LogP contribution >= 0.6 is 23.2 Å². The number of rotatable bonds is 24. The largest absolute Gasteiger partial charge is 0.463 e. The van der Waals surface area contributed by atoms with E-state index in [0.717, 1.165) is 41.8 Å². The summed E-state index contributed by atoms with van der Waals surface area (Å²) in [7, 11) is -15.7. The molecule has 522 valence electrons. The van der Waals surface area contributed by atoms with Gasteiger partial charge >= 0.3 is 40.3 Å². The van der Waals surface area contributed by atoms with Gasteiger partial charge in [0.15, 0.2) is 57.5 Å². The van der Waals surface area contributed by atoms with E-state index in [2.05, 4.69) is 177 Å². The Morgan fingerprint density at radius 1 is 0.516 bits per heavy atom. The van der Waals surface area contributed by atoms with Crippen LogP contribution in [0.1, 0.15) is 170 Å². The average Bonchev–Trinajstić information content (AvgIpc) is 1.69. The van der Waals surface area contributed by atoms with E-state index in [1.165, 1.54) is 0 Å². The lowest BCUT2D eigenvalue weighted by Gasteiger charge is -2.51. The second-order valence-electron chi connectivity index (χ2n) is 28.5. The van der Waals surface area contributed by atoms with Crippen molar-refractivity contribution in [3.63, 3.8) is 0 Å². The molecule has 4 saturated heterocycles. The van der Waals surface area contributed by atoms with Crippen LogP contribution in [0, 0.1) is 0 Å². The maximum atomic E-state index is 7.58. The lowest BCUT2D eigenvalue weighted by atomic mass is 10.1. The van der Waals surface area contributed by atoms with Crippen molar-refractivity contribution in [1.29, 1.82) is 0 Å². The first-order valence-electron chi connectivity index (χ1n) is 34.6. The number of benzene rings is 1. The molecule has 8 heterocycles. The molecule has 0 unspecified atom stereocenters. The van der Waals surface area contributed by atoms with Crippen LogP contribution in [0.2, 0.25) is 90.9 Å². The van der Waals surface area contributed by atoms with Crippen LogP contribution < -0.4 is 16.2 Å². The highest BCUT2D eigenvalue weighted by Gasteiger charge is 2.65. The van der Waals surface area contributed by atoms with E-state index in [1.807, 2.05) is 33.4 Å². The summed E-state index contributed by atoms with van der Waals surface area (Å²) in [6.45, 7) is 50.3. The molecule has 9 rings (SSSR count). The van der Waals surface area contributed by atoms with Crippen molar-refractivity contribution < 1.29 is 49.0 Å². The highest BCUT2D eigenvalue weighted by molar-refractivity contribution is 6.85. The molecular formula is C64H112Cl2N10O11Si6. The molecule has 93 heavy (non-hydrogen) atoms. The van der Waals surface area contributed by atoms with Crippen LogP contribution in [-0.4, -0.2) is 146 Å². The normalized spacial score (nSPS) is 24.9. The number of hydrogen-bond donors (Lipinski definition) is 2. The molecule has 4 aromatic heterocycles. The van der Waals surface area contributed by atoms with Crippen LogP contribution in [0.4, 0.5) is 11.6 Å². The van der Waals surface area contributed by atoms with E-state index >= 15 is 0 Å². The molecule has 0 amide bonds. The molecule has 0 bridgehead atoms. The standard InChI is InChI=1S/C36H60ClN5O6Si3.C28H52ClN5O5Si3/c1-12-49(13-2,14-3)46-32-31-29(21-44-50(23(4)5,24(6)7)48-51(47-31,25(8)9)26(10)11)45-35(32)42-22-39-30-33(38)40-36(41-34(30)42)43-20-19-27-15-17-28(37)18-16-27;1-12-40(13-2,14-3)37-24-23-21(36-27(24)34-16-31-22-25(30)32-28(29)33-26(22)34)15-35-41(17(4)5,18(6)7)39-42(38-23,19(8)9)20(10)11/h15-18,22-26,29,31-32,35H,12-14,19-21H2,1-11H3,(H2,38,40,41);16-21,23-24,27H,12-15H2,1-11H3,(H2,30,32,33)/t29-,31-,32-,35-;21-,23-,24-,27-/m11/s1. The smallest absolute Gasteiger partial charge is 0.335 e. The maximum Gasteiger partial charge on any atom is 0.335 e. The third kappa shape index (κ3) is 14.9. The fraction of sp³-hybridized carbons (Fsp3) is 0.750. The Bertz CT molecular complexity index is 3200. The SMILES string of the molecule is CC[Si](CC)(CC)O[C@@H]1[C@@H]2O[Si](C(C)C)(C(C)C)O[Si](C(C)C)(C(C)C)OC[C@H]2O[C@H]1n1cnc2c(N)nc(Cl)nc21.CC[Si](CC)(CC)O[C@@H]1[C@@H]2O[Si](C(C)C)(C(C)C)O[Si](C(C)C)(C(C)C)OC[C@H]2O[C@H]1n1cnc2c(N)nc(OCCc3ccc(Cl)cc3)nc21. The van der Waals surface area contributed by atoms with Crippen molar-refractivity contribution in [2.24, 2.45) is 0 Å². The number of nitrogens with zero attached hydrogens (tertiary/aromatic N) is 8. The first-order chi connectivity index (χ1) is 43.9. The molecular weight excluding hydrogens is 1320 g/mol. The molecule has 0 spiro atoms. The van der Waals surface area contributed by atoms with Crippen molar-refractivity contribution >= 4 is 108 Å². The number of halogens is 2. The van der Waals surface area contributed by atoms with E-state index in [9.17, 15) is 0 Å². The van der Waals surface area contributed by atoms with Gasteiger partial charge < -0.3 is 60.5 Å². The minimum atomic E-state index is -2.95. The Morgan fingerprint density at radius 3 is 1.25 bits per heavy atom. The van der Waals surface area contributed by atoms with E-state index < -0.39 is 81.6 Å². The molecule has 4 aliphatic heterocycles. The molecule has 5 aromatic rings. The van der Waals surface area contributed by atoms with E-state index in [1.54, 1.807) is 12.7 Å². The van der Waals surface area contributed by atoms with Gasteiger partial charge in [0.25, 0.3) is 0 Å². The molecule has 0 saturated carbocycles. The minimum Gasteiger partial charge on any atom is -0.463 e. The van der Waals surface area contributed by atoms with Gasteiger partial charge in [-0.05, 0) is 110 Å². The minimum absolute atomic E-state index is 0.0614. The lowest BCUT2D eigenvalue weighted by molar-refractivity contribution is -0.0565. The van der Waals surface area contributed by atoms with Crippen molar-refractivity contribution in [2.45, 2.75) is 288 Å². The fourth-order valence-corrected chi connectivity index (χ4v) is 43.1. The van der Waals surface area contributed by atoms with Gasteiger partial charge in [-0.25, -0.2) is 9.97 Å². The topological polar surface area (TPSA) is 241 Å². The number of hydrogen-bond acceptors (Lipinski definition) is 19. The van der Waals surface area contributed by atoms with Crippen molar-refractivity contribution in [3.8, 4) is 6.01 Å². The van der Waals surface area contributed by atoms with E-state index in [-0.39, 0.29) is 85.6 Å². The molecule has 21 nitrogen and oxygen atoms in total. The summed E-state index contributed by atoms with van der Waals surface area (Å²) in [5.41, 5.74) is 17.4. The number of fused-ring (bicyclic) bond motifs is 4. The molecule has 4 fully saturated rings. The van der Waals surface area contributed by atoms with Crippen LogP contribution in [0.5, 0.6) is 6.01 Å². The molecule has 0 aliphatic carbocycles. The predicted octanol–water partition coefficient (Wildman–Crippen LogP) is 16.2. The Balaban J connectivity index is 0.000000244. The van der Waals surface area contributed by atoms with Gasteiger partial charge in [0, 0.05) is 11.4 Å². The van der Waals surface area contributed by atoms with Gasteiger partial charge in [-0.1, -0.05) is 176 Å². The Labute approximate surface area is 571 Å². The Morgan fingerprint density at radius 2 is 0.882 bits per heavy atom. The molecule has 1 aromatic carbocycles. The van der Waals surface area contributed by atoms with Crippen LogP contribution in [-0.2, 0) is 50.7 Å². The van der Waals surface area contributed by atoms with Gasteiger partial charge in [0.2, 0.25) is 5.28 Å². The second-order valence-corrected chi connectivity index (χ2v) is 56.5. The van der Waals surface area contributed by atoms with Gasteiger partial charge in [-0.2, -0.15) is 19.9 Å². The predicted molar refractivity (Wildman–Crippen MR) is 385 cm³/mol. The van der Waals surface area contributed by atoms with Gasteiger partial charge in [0.1, 0.15) is 42.1 Å². The summed E-state index contributed by atoms with van der Waals surface area (Å²) in [4.78, 5) is 27.1. The number of ether oxygens (including phenoxy) is 3. The van der Waals surface area contributed by atoms with Crippen LogP contribution in [0.3, 0.4) is 0 Å². The number of nitrogens with two attached hydrogens (primary N) is 2. The van der Waals surface area contributed by atoms with Crippen molar-refractivity contribution in [3.05, 3.63) is 52.8 Å². The maximum absolute atomic E-state index is 7.58. The summed E-state index contributed by atoms with van der Waals surface area (Å²) in [6.07, 6.45) is 0.516. The number of imidazole rings is 2. The summed E-state index contributed by atoms with van der Waals surface area (Å²) in [6, 6.07) is 13.8. The van der Waals surface area contributed by atoms with Gasteiger partial charge in [-0.3, -0.25) is 9.13 Å². The highest BCUT2D eigenvalue weighted by Crippen LogP contribution is 2.53. The zero-order valence-corrected chi connectivity index (χ0v) is 67.3. The third-order valence-electron chi connectivity index (χ3n) is 20.8. The Hall–Kier alpha value is -2.80. The zero-order chi connectivity index (χ0) is 68.5. The van der Waals surface area contributed by atoms with Crippen LogP contribution in [0.15, 0.2) is 36.9 Å². The summed E-state index contributed by atoms with van der Waals surface area (Å²) < 4.78 is 82.9. The molecule has 4 N–H and O–H groups in total. The second kappa shape index (κ2) is 30.8. The molecule has 4 aliphatic rings. The van der Waals surface area contributed by atoms with Crippen molar-refractivity contribution in [1.82, 2.24) is 39.0 Å². The number of nitrogen functional groups attached to an aromatic ring is 2. The molecule has 29 heteroatoms. The van der Waals surface area contributed by atoms with Gasteiger partial charge in [0.05, 0.1) is 32.5 Å². The van der Waals surface area contributed by atoms with E-state index in [4.69, 9.17) is 88.7 Å². The third-order valence-corrected chi connectivity index (χ3v) is 51.0. The van der Waals surface area contributed by atoms with Gasteiger partial charge in [-0.15, -0.1) is 0 Å². The monoisotopic (exact) mass is 1430 g/mol. The fourth-order valence-electron chi connectivity index (χ4n) is 14.7.